The molecule has 2 unspecified atom stereocenters. The molecule has 0 radical (unpaired) electrons. The van der Waals surface area contributed by atoms with Crippen LogP contribution in [0.4, 0.5) is 0 Å². The average Bonchev–Trinajstić information content (AvgIpc) is 2.73. The van der Waals surface area contributed by atoms with E-state index in [1.54, 1.807) is 18.2 Å². The number of carbonyl (C=O) groups is 1. The van der Waals surface area contributed by atoms with E-state index in [1.807, 2.05) is 6.07 Å². The number of hydrogen-bond donors (Lipinski definition) is 2. The van der Waals surface area contributed by atoms with E-state index in [9.17, 15) is 9.90 Å². The molecule has 0 spiro atoms. The molecule has 0 heterocycles. The number of nitrogens with one attached hydrogen (secondary N) is 1. The monoisotopic (exact) mass is 267 g/mol. The minimum Gasteiger partial charge on any atom is -0.508 e. The SMILES string of the molecule is O=C(Cc1cccc(O)c1)NCC1CCC(Cl)C1. The molecule has 18 heavy (non-hydrogen) atoms. The van der Waals surface area contributed by atoms with Gasteiger partial charge in [-0.3, -0.25) is 4.79 Å². The Labute approximate surface area is 112 Å². The predicted octanol–water partition coefficient (Wildman–Crippen LogP) is 2.46. The first kappa shape index (κ1) is 13.2. The second-order valence-corrected chi connectivity index (χ2v) is 5.54. The van der Waals surface area contributed by atoms with Gasteiger partial charge in [0.1, 0.15) is 5.75 Å². The van der Waals surface area contributed by atoms with E-state index in [2.05, 4.69) is 5.32 Å². The summed E-state index contributed by atoms with van der Waals surface area (Å²) in [5.41, 5.74) is 0.828. The minimum atomic E-state index is -0.00128. The zero-order chi connectivity index (χ0) is 13.0. The molecule has 1 saturated carbocycles. The molecule has 2 rings (SSSR count). The lowest BCUT2D eigenvalue weighted by molar-refractivity contribution is -0.120. The largest absolute Gasteiger partial charge is 0.508 e. The maximum absolute atomic E-state index is 11.7. The third-order valence-electron chi connectivity index (χ3n) is 3.34. The Bertz CT molecular complexity index is 422. The smallest absolute Gasteiger partial charge is 0.224 e. The Morgan fingerprint density at radius 2 is 2.28 bits per heavy atom. The number of amides is 1. The van der Waals surface area contributed by atoms with Gasteiger partial charge < -0.3 is 10.4 Å². The van der Waals surface area contributed by atoms with Crippen LogP contribution in [0.25, 0.3) is 0 Å². The Kier molecular flexibility index (Phi) is 4.48. The van der Waals surface area contributed by atoms with Crippen LogP contribution in [-0.4, -0.2) is 22.9 Å². The topological polar surface area (TPSA) is 49.3 Å². The fourth-order valence-electron chi connectivity index (χ4n) is 2.37. The van der Waals surface area contributed by atoms with Crippen LogP contribution in [-0.2, 0) is 11.2 Å². The minimum absolute atomic E-state index is 0.00128. The van der Waals surface area contributed by atoms with Crippen molar-refractivity contribution < 1.29 is 9.90 Å². The van der Waals surface area contributed by atoms with Crippen molar-refractivity contribution in [2.75, 3.05) is 6.54 Å². The van der Waals surface area contributed by atoms with Crippen molar-refractivity contribution in [1.82, 2.24) is 5.32 Å². The molecular formula is C14H18ClNO2. The fourth-order valence-corrected chi connectivity index (χ4v) is 2.75. The highest BCUT2D eigenvalue weighted by atomic mass is 35.5. The summed E-state index contributed by atoms with van der Waals surface area (Å²) >= 11 is 6.03. The van der Waals surface area contributed by atoms with Crippen molar-refractivity contribution >= 4 is 17.5 Å². The highest BCUT2D eigenvalue weighted by Gasteiger charge is 2.22. The van der Waals surface area contributed by atoms with Crippen molar-refractivity contribution in [3.63, 3.8) is 0 Å². The van der Waals surface area contributed by atoms with Gasteiger partial charge in [0.05, 0.1) is 6.42 Å². The number of alkyl halides is 1. The lowest BCUT2D eigenvalue weighted by Crippen LogP contribution is -2.29. The summed E-state index contributed by atoms with van der Waals surface area (Å²) in [7, 11) is 0. The third-order valence-corrected chi connectivity index (χ3v) is 3.74. The lowest BCUT2D eigenvalue weighted by atomic mass is 10.1. The first-order valence-electron chi connectivity index (χ1n) is 6.32. The molecule has 2 atom stereocenters. The van der Waals surface area contributed by atoms with E-state index in [0.29, 0.717) is 18.9 Å². The van der Waals surface area contributed by atoms with E-state index < -0.39 is 0 Å². The summed E-state index contributed by atoms with van der Waals surface area (Å²) in [5, 5.41) is 12.5. The molecule has 98 valence electrons. The second kappa shape index (κ2) is 6.10. The van der Waals surface area contributed by atoms with Crippen molar-refractivity contribution in [2.24, 2.45) is 5.92 Å². The molecule has 0 bridgehead atoms. The third kappa shape index (κ3) is 3.91. The number of benzene rings is 1. The number of halogens is 1. The van der Waals surface area contributed by atoms with Crippen LogP contribution in [0.5, 0.6) is 5.75 Å². The van der Waals surface area contributed by atoms with Crippen LogP contribution < -0.4 is 5.32 Å². The zero-order valence-electron chi connectivity index (χ0n) is 10.2. The molecule has 0 saturated heterocycles. The van der Waals surface area contributed by atoms with Gasteiger partial charge in [0, 0.05) is 11.9 Å². The number of rotatable bonds is 4. The number of hydrogen-bond acceptors (Lipinski definition) is 2. The number of phenols is 1. The maximum atomic E-state index is 11.7. The first-order valence-corrected chi connectivity index (χ1v) is 6.76. The van der Waals surface area contributed by atoms with Crippen LogP contribution in [0.3, 0.4) is 0 Å². The molecule has 1 aromatic rings. The summed E-state index contributed by atoms with van der Waals surface area (Å²) in [5.74, 6) is 0.709. The van der Waals surface area contributed by atoms with Crippen molar-refractivity contribution in [2.45, 2.75) is 31.1 Å². The Hall–Kier alpha value is -1.22. The van der Waals surface area contributed by atoms with Gasteiger partial charge in [-0.1, -0.05) is 12.1 Å². The normalized spacial score (nSPS) is 22.9. The van der Waals surface area contributed by atoms with Gasteiger partial charge >= 0.3 is 0 Å². The van der Waals surface area contributed by atoms with Gasteiger partial charge in [-0.2, -0.15) is 0 Å². The first-order chi connectivity index (χ1) is 8.63. The molecule has 1 amide bonds. The van der Waals surface area contributed by atoms with E-state index in [1.165, 1.54) is 0 Å². The van der Waals surface area contributed by atoms with Gasteiger partial charge in [-0.05, 0) is 42.9 Å². The maximum Gasteiger partial charge on any atom is 0.224 e. The number of aromatic hydroxyl groups is 1. The van der Waals surface area contributed by atoms with Crippen molar-refractivity contribution in [3.05, 3.63) is 29.8 Å². The molecule has 4 heteroatoms. The molecule has 1 aliphatic rings. The second-order valence-electron chi connectivity index (χ2n) is 4.93. The Balaban J connectivity index is 1.75. The summed E-state index contributed by atoms with van der Waals surface area (Å²) in [6.07, 6.45) is 3.45. The zero-order valence-corrected chi connectivity index (χ0v) is 11.0. The standard InChI is InChI=1S/C14H18ClNO2/c15-12-5-4-11(6-12)9-16-14(18)8-10-2-1-3-13(17)7-10/h1-3,7,11-12,17H,4-6,8-9H2,(H,16,18). The molecule has 0 aliphatic heterocycles. The van der Waals surface area contributed by atoms with Gasteiger partial charge in [-0.25, -0.2) is 0 Å². The highest BCUT2D eigenvalue weighted by molar-refractivity contribution is 6.20. The molecular weight excluding hydrogens is 250 g/mol. The molecule has 2 N–H and O–H groups in total. The number of phenolic OH excluding ortho intramolecular Hbond substituents is 1. The van der Waals surface area contributed by atoms with E-state index in [0.717, 1.165) is 24.8 Å². The molecule has 1 aliphatic carbocycles. The van der Waals surface area contributed by atoms with Crippen LogP contribution >= 0.6 is 11.6 Å². The van der Waals surface area contributed by atoms with Crippen molar-refractivity contribution in [3.8, 4) is 5.75 Å². The van der Waals surface area contributed by atoms with Gasteiger partial charge in [0.25, 0.3) is 0 Å². The lowest BCUT2D eigenvalue weighted by Gasteiger charge is -2.10. The van der Waals surface area contributed by atoms with Crippen LogP contribution in [0, 0.1) is 5.92 Å². The fraction of sp³-hybridized carbons (Fsp3) is 0.500. The van der Waals surface area contributed by atoms with E-state index in [4.69, 9.17) is 11.6 Å². The molecule has 0 aromatic heterocycles. The van der Waals surface area contributed by atoms with Crippen LogP contribution in [0.2, 0.25) is 0 Å². The van der Waals surface area contributed by atoms with Gasteiger partial charge in [0.2, 0.25) is 5.91 Å². The molecule has 3 nitrogen and oxygen atoms in total. The van der Waals surface area contributed by atoms with Gasteiger partial charge in [-0.15, -0.1) is 11.6 Å². The average molecular weight is 268 g/mol. The quantitative estimate of drug-likeness (QED) is 0.824. The molecule has 1 fully saturated rings. The predicted molar refractivity (Wildman–Crippen MR) is 71.8 cm³/mol. The summed E-state index contributed by atoms with van der Waals surface area (Å²) in [6.45, 7) is 0.709. The Morgan fingerprint density at radius 3 is 2.94 bits per heavy atom. The van der Waals surface area contributed by atoms with Gasteiger partial charge in [0.15, 0.2) is 0 Å². The molecule has 1 aromatic carbocycles. The highest BCUT2D eigenvalue weighted by Crippen LogP contribution is 2.28. The number of carbonyl (C=O) groups excluding carboxylic acids is 1. The van der Waals surface area contributed by atoms with E-state index in [-0.39, 0.29) is 17.0 Å². The summed E-state index contributed by atoms with van der Waals surface area (Å²) in [6, 6.07) is 6.79. The summed E-state index contributed by atoms with van der Waals surface area (Å²) in [4.78, 5) is 11.7. The Morgan fingerprint density at radius 1 is 1.44 bits per heavy atom. The van der Waals surface area contributed by atoms with E-state index >= 15 is 0 Å². The van der Waals surface area contributed by atoms with Crippen molar-refractivity contribution in [1.29, 1.82) is 0 Å². The van der Waals surface area contributed by atoms with Crippen LogP contribution in [0.15, 0.2) is 24.3 Å². The van der Waals surface area contributed by atoms with Crippen LogP contribution in [0.1, 0.15) is 24.8 Å². The summed E-state index contributed by atoms with van der Waals surface area (Å²) < 4.78 is 0.